The molecule has 0 bridgehead atoms. The van der Waals surface area contributed by atoms with E-state index in [2.05, 4.69) is 4.98 Å². The van der Waals surface area contributed by atoms with Crippen LogP contribution >= 0.6 is 0 Å². The van der Waals surface area contributed by atoms with Crippen molar-refractivity contribution in [3.8, 4) is 0 Å². The van der Waals surface area contributed by atoms with Gasteiger partial charge in [-0.1, -0.05) is 18.2 Å². The minimum Gasteiger partial charge on any atom is -0.425 e. The standard InChI is InChI=1S/C8H7N3O/c9-8-10-5-6-3-1-2-4-7(6)11(8)12/h1-5,9,12H. The van der Waals surface area contributed by atoms with E-state index in [9.17, 15) is 5.21 Å². The second-order valence-electron chi connectivity index (χ2n) is 2.45. The Balaban J connectivity index is 3.01. The van der Waals surface area contributed by atoms with Crippen molar-refractivity contribution in [3.05, 3.63) is 36.1 Å². The first kappa shape index (κ1) is 6.84. The van der Waals surface area contributed by atoms with Gasteiger partial charge in [-0.05, 0) is 6.07 Å². The summed E-state index contributed by atoms with van der Waals surface area (Å²) in [6.07, 6.45) is 1.56. The molecule has 1 aromatic carbocycles. The number of rotatable bonds is 0. The summed E-state index contributed by atoms with van der Waals surface area (Å²) in [5, 5.41) is 17.3. The van der Waals surface area contributed by atoms with Gasteiger partial charge in [0.1, 0.15) is 0 Å². The van der Waals surface area contributed by atoms with Gasteiger partial charge in [-0.2, -0.15) is 0 Å². The lowest BCUT2D eigenvalue weighted by molar-refractivity contribution is 0.179. The lowest BCUT2D eigenvalue weighted by atomic mass is 10.2. The van der Waals surface area contributed by atoms with Gasteiger partial charge in [-0.3, -0.25) is 5.41 Å². The molecule has 0 saturated heterocycles. The third-order valence-electron chi connectivity index (χ3n) is 1.69. The molecule has 4 heteroatoms. The molecule has 0 fully saturated rings. The van der Waals surface area contributed by atoms with Crippen LogP contribution in [0.4, 0.5) is 0 Å². The fourth-order valence-corrected chi connectivity index (χ4v) is 1.09. The smallest absolute Gasteiger partial charge is 0.255 e. The van der Waals surface area contributed by atoms with Gasteiger partial charge in [-0.15, -0.1) is 4.73 Å². The van der Waals surface area contributed by atoms with E-state index >= 15 is 0 Å². The van der Waals surface area contributed by atoms with Gasteiger partial charge in [0.05, 0.1) is 5.52 Å². The third-order valence-corrected chi connectivity index (χ3v) is 1.69. The summed E-state index contributed by atoms with van der Waals surface area (Å²) in [7, 11) is 0. The van der Waals surface area contributed by atoms with Crippen molar-refractivity contribution >= 4 is 10.9 Å². The van der Waals surface area contributed by atoms with E-state index in [-0.39, 0.29) is 5.62 Å². The zero-order valence-corrected chi connectivity index (χ0v) is 6.23. The summed E-state index contributed by atoms with van der Waals surface area (Å²) >= 11 is 0. The molecule has 0 atom stereocenters. The SMILES string of the molecule is N=c1ncc2ccccc2n1O. The molecule has 1 aromatic heterocycles. The van der Waals surface area contributed by atoms with Crippen molar-refractivity contribution in [1.29, 1.82) is 5.41 Å². The average molecular weight is 161 g/mol. The van der Waals surface area contributed by atoms with Gasteiger partial charge in [0, 0.05) is 11.6 Å². The second kappa shape index (κ2) is 2.34. The Kier molecular flexibility index (Phi) is 1.33. The highest BCUT2D eigenvalue weighted by atomic mass is 16.5. The molecule has 0 unspecified atom stereocenters. The maximum Gasteiger partial charge on any atom is 0.255 e. The second-order valence-corrected chi connectivity index (χ2v) is 2.45. The normalized spacial score (nSPS) is 10.3. The summed E-state index contributed by atoms with van der Waals surface area (Å²) in [4.78, 5) is 3.69. The molecule has 0 aliphatic rings. The van der Waals surface area contributed by atoms with Crippen LogP contribution in [-0.2, 0) is 0 Å². The summed E-state index contributed by atoms with van der Waals surface area (Å²) in [6.45, 7) is 0. The van der Waals surface area contributed by atoms with Crippen LogP contribution in [0.25, 0.3) is 10.9 Å². The van der Waals surface area contributed by atoms with Gasteiger partial charge in [0.25, 0.3) is 5.62 Å². The predicted octanol–water partition coefficient (Wildman–Crippen LogP) is 0.753. The first-order chi connectivity index (χ1) is 5.79. The Hall–Kier alpha value is -1.84. The lowest BCUT2D eigenvalue weighted by Gasteiger charge is -2.00. The lowest BCUT2D eigenvalue weighted by Crippen LogP contribution is -2.20. The Morgan fingerprint density at radius 2 is 2.08 bits per heavy atom. The van der Waals surface area contributed by atoms with Gasteiger partial charge in [-0.25, -0.2) is 4.98 Å². The van der Waals surface area contributed by atoms with E-state index in [0.29, 0.717) is 5.52 Å². The number of benzene rings is 1. The molecule has 12 heavy (non-hydrogen) atoms. The van der Waals surface area contributed by atoms with Crippen LogP contribution in [0, 0.1) is 5.41 Å². The topological polar surface area (TPSA) is 61.9 Å². The number of fused-ring (bicyclic) bond motifs is 1. The van der Waals surface area contributed by atoms with Gasteiger partial charge < -0.3 is 5.21 Å². The van der Waals surface area contributed by atoms with Gasteiger partial charge in [0.2, 0.25) is 0 Å². The number of aromatic nitrogens is 2. The summed E-state index contributed by atoms with van der Waals surface area (Å²) in [5.74, 6) is 0. The first-order valence-electron chi connectivity index (χ1n) is 3.50. The number of nitrogens with one attached hydrogen (secondary N) is 1. The molecule has 0 amide bonds. The number of hydrogen-bond acceptors (Lipinski definition) is 3. The van der Waals surface area contributed by atoms with Crippen LogP contribution < -0.4 is 5.62 Å². The molecule has 1 heterocycles. The molecular weight excluding hydrogens is 154 g/mol. The van der Waals surface area contributed by atoms with Crippen LogP contribution in [0.1, 0.15) is 0 Å². The summed E-state index contributed by atoms with van der Waals surface area (Å²) in [5.41, 5.74) is 0.436. The molecule has 2 N–H and O–H groups in total. The Bertz CT molecular complexity index is 475. The average Bonchev–Trinajstić information content (AvgIpc) is 2.12. The van der Waals surface area contributed by atoms with E-state index in [0.717, 1.165) is 10.1 Å². The molecule has 0 radical (unpaired) electrons. The fraction of sp³-hybridized carbons (Fsp3) is 0. The van der Waals surface area contributed by atoms with E-state index in [1.807, 2.05) is 12.1 Å². The molecule has 0 spiro atoms. The van der Waals surface area contributed by atoms with E-state index in [4.69, 9.17) is 5.41 Å². The van der Waals surface area contributed by atoms with E-state index in [1.165, 1.54) is 0 Å². The maximum atomic E-state index is 9.32. The van der Waals surface area contributed by atoms with Crippen molar-refractivity contribution in [2.45, 2.75) is 0 Å². The largest absolute Gasteiger partial charge is 0.425 e. The summed E-state index contributed by atoms with van der Waals surface area (Å²) in [6, 6.07) is 7.21. The highest BCUT2D eigenvalue weighted by Gasteiger charge is 1.96. The Labute approximate surface area is 68.2 Å². The number of hydrogen-bond donors (Lipinski definition) is 2. The van der Waals surface area contributed by atoms with Crippen LogP contribution in [-0.4, -0.2) is 14.9 Å². The predicted molar refractivity (Wildman–Crippen MR) is 42.8 cm³/mol. The van der Waals surface area contributed by atoms with E-state index < -0.39 is 0 Å². The van der Waals surface area contributed by atoms with Crippen molar-refractivity contribution in [3.63, 3.8) is 0 Å². The fourth-order valence-electron chi connectivity index (χ4n) is 1.09. The van der Waals surface area contributed by atoms with Crippen molar-refractivity contribution in [1.82, 2.24) is 9.71 Å². The minimum absolute atomic E-state index is 0.159. The van der Waals surface area contributed by atoms with Crippen LogP contribution in [0.3, 0.4) is 0 Å². The van der Waals surface area contributed by atoms with Gasteiger partial charge in [0.15, 0.2) is 0 Å². The summed E-state index contributed by atoms with van der Waals surface area (Å²) < 4.78 is 0.759. The maximum absolute atomic E-state index is 9.32. The minimum atomic E-state index is -0.159. The molecule has 2 rings (SSSR count). The van der Waals surface area contributed by atoms with Crippen LogP contribution in [0.15, 0.2) is 30.5 Å². The molecule has 60 valence electrons. The van der Waals surface area contributed by atoms with E-state index in [1.54, 1.807) is 18.3 Å². The third kappa shape index (κ3) is 0.852. The molecule has 0 aliphatic heterocycles. The quantitative estimate of drug-likeness (QED) is 0.560. The highest BCUT2D eigenvalue weighted by molar-refractivity contribution is 5.77. The monoisotopic (exact) mass is 161 g/mol. The van der Waals surface area contributed by atoms with Crippen LogP contribution in [0.5, 0.6) is 0 Å². The van der Waals surface area contributed by atoms with Crippen molar-refractivity contribution in [2.24, 2.45) is 0 Å². The zero-order chi connectivity index (χ0) is 8.55. The van der Waals surface area contributed by atoms with Crippen molar-refractivity contribution in [2.75, 3.05) is 0 Å². The molecule has 4 nitrogen and oxygen atoms in total. The molecular formula is C8H7N3O. The molecule has 0 aliphatic carbocycles. The molecule has 2 aromatic rings. The Morgan fingerprint density at radius 3 is 2.92 bits per heavy atom. The molecule has 0 saturated carbocycles. The van der Waals surface area contributed by atoms with Crippen molar-refractivity contribution < 1.29 is 5.21 Å². The zero-order valence-electron chi connectivity index (χ0n) is 6.23. The number of nitrogens with zero attached hydrogens (tertiary/aromatic N) is 2. The number of para-hydroxylation sites is 1. The van der Waals surface area contributed by atoms with Gasteiger partial charge >= 0.3 is 0 Å². The first-order valence-corrected chi connectivity index (χ1v) is 3.50. The van der Waals surface area contributed by atoms with Crippen LogP contribution in [0.2, 0.25) is 0 Å². The highest BCUT2D eigenvalue weighted by Crippen LogP contribution is 2.07. The Morgan fingerprint density at radius 1 is 1.33 bits per heavy atom.